The fraction of sp³-hybridized carbons (Fsp3) is 0.429. The molecule has 0 spiro atoms. The van der Waals surface area contributed by atoms with Crippen LogP contribution in [0.15, 0.2) is 30.3 Å². The Morgan fingerprint density at radius 1 is 1.22 bits per heavy atom. The summed E-state index contributed by atoms with van der Waals surface area (Å²) in [5, 5.41) is 8.75. The molecule has 1 aliphatic rings. The molecule has 18 heavy (non-hydrogen) atoms. The van der Waals surface area contributed by atoms with Crippen molar-refractivity contribution in [1.82, 2.24) is 0 Å². The van der Waals surface area contributed by atoms with Crippen molar-refractivity contribution >= 4 is 17.6 Å². The summed E-state index contributed by atoms with van der Waals surface area (Å²) in [4.78, 5) is 24.4. The monoisotopic (exact) mass is 247 g/mol. The summed E-state index contributed by atoms with van der Waals surface area (Å²) in [6.07, 6.45) is 2.75. The number of amides is 1. The van der Waals surface area contributed by atoms with Gasteiger partial charge >= 0.3 is 5.97 Å². The molecule has 1 amide bonds. The van der Waals surface area contributed by atoms with Gasteiger partial charge in [0.25, 0.3) is 0 Å². The van der Waals surface area contributed by atoms with Crippen LogP contribution >= 0.6 is 0 Å². The number of aliphatic carboxylic acids is 1. The number of anilines is 1. The van der Waals surface area contributed by atoms with Crippen LogP contribution in [0.5, 0.6) is 0 Å². The number of hydrogen-bond donors (Lipinski definition) is 1. The van der Waals surface area contributed by atoms with Crippen molar-refractivity contribution in [1.29, 1.82) is 0 Å². The zero-order valence-corrected chi connectivity index (χ0v) is 10.2. The van der Waals surface area contributed by atoms with Crippen molar-refractivity contribution in [2.75, 3.05) is 11.4 Å². The van der Waals surface area contributed by atoms with E-state index in [-0.39, 0.29) is 18.9 Å². The van der Waals surface area contributed by atoms with Crippen LogP contribution in [0.1, 0.15) is 25.7 Å². The van der Waals surface area contributed by atoms with Crippen LogP contribution in [-0.4, -0.2) is 23.5 Å². The second kappa shape index (κ2) is 5.67. The number of benzene rings is 1. The number of carboxylic acid groups (broad SMARTS) is 1. The summed E-state index contributed by atoms with van der Waals surface area (Å²) < 4.78 is 0. The third-order valence-corrected chi connectivity index (χ3v) is 3.08. The zero-order chi connectivity index (χ0) is 13.0. The van der Waals surface area contributed by atoms with Crippen LogP contribution in [0.3, 0.4) is 0 Å². The molecule has 0 radical (unpaired) electrons. The number of carbonyl (C=O) groups is 2. The average Bonchev–Trinajstić information content (AvgIpc) is 3.14. The second-order valence-corrected chi connectivity index (χ2v) is 4.67. The van der Waals surface area contributed by atoms with Gasteiger partial charge in [0, 0.05) is 18.7 Å². The van der Waals surface area contributed by atoms with Gasteiger partial charge in [-0.2, -0.15) is 0 Å². The highest BCUT2D eigenvalue weighted by molar-refractivity contribution is 5.94. The minimum atomic E-state index is -0.879. The van der Waals surface area contributed by atoms with Crippen LogP contribution in [0.25, 0.3) is 0 Å². The molecular formula is C14H17NO3. The summed E-state index contributed by atoms with van der Waals surface area (Å²) >= 11 is 0. The normalized spacial score (nSPS) is 14.2. The quantitative estimate of drug-likeness (QED) is 0.839. The van der Waals surface area contributed by atoms with Gasteiger partial charge in [0.1, 0.15) is 0 Å². The van der Waals surface area contributed by atoms with Gasteiger partial charge in [0.2, 0.25) is 5.91 Å². The van der Waals surface area contributed by atoms with Gasteiger partial charge in [-0.05, 0) is 30.9 Å². The first-order valence-electron chi connectivity index (χ1n) is 6.24. The Labute approximate surface area is 106 Å². The van der Waals surface area contributed by atoms with Crippen LogP contribution in [0.4, 0.5) is 5.69 Å². The number of rotatable bonds is 6. The molecule has 1 aromatic carbocycles. The summed E-state index contributed by atoms with van der Waals surface area (Å²) in [5.41, 5.74) is 0.782. The molecule has 1 aliphatic carbocycles. The third-order valence-electron chi connectivity index (χ3n) is 3.08. The summed E-state index contributed by atoms with van der Waals surface area (Å²) in [5.74, 6) is -0.339. The van der Waals surface area contributed by atoms with E-state index < -0.39 is 5.97 Å². The lowest BCUT2D eigenvalue weighted by Gasteiger charge is -2.22. The molecule has 2 rings (SSSR count). The minimum Gasteiger partial charge on any atom is -0.481 e. The molecule has 0 atom stereocenters. The molecule has 0 saturated heterocycles. The molecule has 0 unspecified atom stereocenters. The lowest BCUT2D eigenvalue weighted by Crippen LogP contribution is -2.33. The first kappa shape index (κ1) is 12.6. The highest BCUT2D eigenvalue weighted by Gasteiger charge is 2.27. The van der Waals surface area contributed by atoms with E-state index in [9.17, 15) is 9.59 Å². The molecule has 1 aromatic rings. The maximum atomic E-state index is 12.1. The van der Waals surface area contributed by atoms with Crippen molar-refractivity contribution in [3.63, 3.8) is 0 Å². The van der Waals surface area contributed by atoms with Crippen LogP contribution in [-0.2, 0) is 9.59 Å². The van der Waals surface area contributed by atoms with Crippen molar-refractivity contribution in [3.8, 4) is 0 Å². The molecule has 96 valence electrons. The van der Waals surface area contributed by atoms with Gasteiger partial charge in [0.15, 0.2) is 0 Å². The molecule has 4 heteroatoms. The van der Waals surface area contributed by atoms with Crippen molar-refractivity contribution in [3.05, 3.63) is 30.3 Å². The smallest absolute Gasteiger partial charge is 0.305 e. The number of carboxylic acids is 1. The van der Waals surface area contributed by atoms with Gasteiger partial charge in [0.05, 0.1) is 6.42 Å². The number of hydrogen-bond acceptors (Lipinski definition) is 2. The second-order valence-electron chi connectivity index (χ2n) is 4.67. The number of para-hydroxylation sites is 1. The molecular weight excluding hydrogens is 230 g/mol. The van der Waals surface area contributed by atoms with E-state index in [1.807, 2.05) is 30.3 Å². The molecule has 1 N–H and O–H groups in total. The van der Waals surface area contributed by atoms with Gasteiger partial charge in [-0.3, -0.25) is 9.59 Å². The minimum absolute atomic E-state index is 0.0225. The Morgan fingerprint density at radius 2 is 1.89 bits per heavy atom. The lowest BCUT2D eigenvalue weighted by molar-refractivity contribution is -0.136. The average molecular weight is 247 g/mol. The van der Waals surface area contributed by atoms with E-state index in [4.69, 9.17) is 5.11 Å². The Kier molecular flexibility index (Phi) is 3.97. The molecule has 0 heterocycles. The predicted octanol–water partition coefficient (Wildman–Crippen LogP) is 2.29. The molecule has 0 bridgehead atoms. The predicted molar refractivity (Wildman–Crippen MR) is 68.4 cm³/mol. The zero-order valence-electron chi connectivity index (χ0n) is 10.2. The van der Waals surface area contributed by atoms with Crippen LogP contribution in [0, 0.1) is 5.92 Å². The topological polar surface area (TPSA) is 57.6 Å². The summed E-state index contributed by atoms with van der Waals surface area (Å²) in [7, 11) is 0. The van der Waals surface area contributed by atoms with Gasteiger partial charge in [-0.15, -0.1) is 0 Å². The van der Waals surface area contributed by atoms with Crippen molar-refractivity contribution in [2.24, 2.45) is 5.92 Å². The number of nitrogens with zero attached hydrogens (tertiary/aromatic N) is 1. The Hall–Kier alpha value is -1.84. The van der Waals surface area contributed by atoms with Crippen molar-refractivity contribution in [2.45, 2.75) is 25.7 Å². The molecule has 0 aromatic heterocycles. The summed E-state index contributed by atoms with van der Waals surface area (Å²) in [6.45, 7) is 0.241. The number of carbonyl (C=O) groups excluding carboxylic acids is 1. The van der Waals surface area contributed by atoms with Crippen molar-refractivity contribution < 1.29 is 14.7 Å². The third kappa shape index (κ3) is 3.58. The molecule has 1 fully saturated rings. The standard InChI is InChI=1S/C14H17NO3/c16-13(10-11-6-7-11)15(9-8-14(17)18)12-4-2-1-3-5-12/h1-5,11H,6-10H2,(H,17,18). The van der Waals surface area contributed by atoms with E-state index in [0.717, 1.165) is 18.5 Å². The molecule has 1 saturated carbocycles. The Morgan fingerprint density at radius 3 is 2.44 bits per heavy atom. The van der Waals surface area contributed by atoms with E-state index >= 15 is 0 Å². The lowest BCUT2D eigenvalue weighted by atomic mass is 10.2. The SMILES string of the molecule is O=C(O)CCN(C(=O)CC1CC1)c1ccccc1. The Balaban J connectivity index is 2.05. The molecule has 0 aliphatic heterocycles. The fourth-order valence-electron chi connectivity index (χ4n) is 1.89. The van der Waals surface area contributed by atoms with E-state index in [1.54, 1.807) is 4.90 Å². The van der Waals surface area contributed by atoms with E-state index in [1.165, 1.54) is 0 Å². The Bertz CT molecular complexity index is 426. The fourth-order valence-corrected chi connectivity index (χ4v) is 1.89. The maximum Gasteiger partial charge on any atom is 0.305 e. The highest BCUT2D eigenvalue weighted by atomic mass is 16.4. The summed E-state index contributed by atoms with van der Waals surface area (Å²) in [6, 6.07) is 9.27. The largest absolute Gasteiger partial charge is 0.481 e. The molecule has 4 nitrogen and oxygen atoms in total. The van der Waals surface area contributed by atoms with Crippen LogP contribution < -0.4 is 4.90 Å². The first-order chi connectivity index (χ1) is 8.66. The van der Waals surface area contributed by atoms with Gasteiger partial charge in [-0.1, -0.05) is 18.2 Å². The highest BCUT2D eigenvalue weighted by Crippen LogP contribution is 2.33. The first-order valence-corrected chi connectivity index (χ1v) is 6.24. The van der Waals surface area contributed by atoms with E-state index in [2.05, 4.69) is 0 Å². The van der Waals surface area contributed by atoms with Crippen LogP contribution in [0.2, 0.25) is 0 Å². The maximum absolute atomic E-state index is 12.1. The van der Waals surface area contributed by atoms with Gasteiger partial charge < -0.3 is 10.0 Å². The van der Waals surface area contributed by atoms with E-state index in [0.29, 0.717) is 12.3 Å². The van der Waals surface area contributed by atoms with Gasteiger partial charge in [-0.25, -0.2) is 0 Å².